The summed E-state index contributed by atoms with van der Waals surface area (Å²) in [5.41, 5.74) is -0.257. The third-order valence-corrected chi connectivity index (χ3v) is 2.58. The molecule has 1 amide bonds. The fourth-order valence-corrected chi connectivity index (χ4v) is 0.910. The largest absolute Gasteiger partial charge is 0.394 e. The van der Waals surface area contributed by atoms with E-state index < -0.39 is 0 Å². The molecule has 0 rings (SSSR count). The highest BCUT2D eigenvalue weighted by Crippen LogP contribution is 2.11. The van der Waals surface area contributed by atoms with E-state index >= 15 is 0 Å². The van der Waals surface area contributed by atoms with Gasteiger partial charge < -0.3 is 10.0 Å². The van der Waals surface area contributed by atoms with Crippen LogP contribution in [0, 0.1) is 0 Å². The van der Waals surface area contributed by atoms with Crippen LogP contribution in [0.2, 0.25) is 0 Å². The van der Waals surface area contributed by atoms with Gasteiger partial charge in [0.15, 0.2) is 0 Å². The fourth-order valence-electron chi connectivity index (χ4n) is 0.910. The number of likely N-dealkylation sites (N-methyl/N-ethyl adjacent to an activating group) is 1. The van der Waals surface area contributed by atoms with Gasteiger partial charge in [0.1, 0.15) is 0 Å². The van der Waals surface area contributed by atoms with Crippen molar-refractivity contribution in [2.45, 2.75) is 25.8 Å². The molecule has 0 heterocycles. The molecule has 0 aromatic rings. The van der Waals surface area contributed by atoms with Gasteiger partial charge in [-0.1, -0.05) is 0 Å². The number of aliphatic hydroxyl groups is 1. The highest BCUT2D eigenvalue weighted by molar-refractivity contribution is 5.75. The predicted molar refractivity (Wildman–Crippen MR) is 57.1 cm³/mol. The van der Waals surface area contributed by atoms with Gasteiger partial charge >= 0.3 is 0 Å². The van der Waals surface area contributed by atoms with Crippen LogP contribution in [0.15, 0.2) is 0 Å². The summed E-state index contributed by atoms with van der Waals surface area (Å²) in [5, 5.41) is 9.10. The lowest BCUT2D eigenvalue weighted by atomic mass is 10.1. The van der Waals surface area contributed by atoms with E-state index in [1.165, 1.54) is 0 Å². The Hall–Kier alpha value is -0.610. The lowest BCUT2D eigenvalue weighted by Gasteiger charge is -2.33. The summed E-state index contributed by atoms with van der Waals surface area (Å²) in [5.74, 6) is 0.116. The predicted octanol–water partition coefficient (Wildman–Crippen LogP) is 0.167. The Labute approximate surface area is 86.5 Å². The van der Waals surface area contributed by atoms with Crippen molar-refractivity contribution in [1.82, 2.24) is 9.80 Å². The van der Waals surface area contributed by atoms with Crippen molar-refractivity contribution >= 4 is 5.91 Å². The molecule has 0 aliphatic heterocycles. The van der Waals surface area contributed by atoms with Gasteiger partial charge in [-0.15, -0.1) is 0 Å². The molecular weight excluding hydrogens is 180 g/mol. The Balaban J connectivity index is 3.97. The molecule has 0 bridgehead atoms. The van der Waals surface area contributed by atoms with Gasteiger partial charge in [0.2, 0.25) is 5.91 Å². The molecular formula is C10H22N2O2. The van der Waals surface area contributed by atoms with Crippen LogP contribution in [-0.2, 0) is 4.79 Å². The van der Waals surface area contributed by atoms with Crippen molar-refractivity contribution in [3.05, 3.63) is 0 Å². The van der Waals surface area contributed by atoms with Crippen molar-refractivity contribution in [3.8, 4) is 0 Å². The highest BCUT2D eigenvalue weighted by atomic mass is 16.3. The smallest absolute Gasteiger partial charge is 0.223 e. The monoisotopic (exact) mass is 202 g/mol. The number of hydrogen-bond donors (Lipinski definition) is 1. The molecule has 0 aliphatic rings. The van der Waals surface area contributed by atoms with Gasteiger partial charge in [-0.05, 0) is 20.9 Å². The van der Waals surface area contributed by atoms with E-state index in [9.17, 15) is 4.79 Å². The lowest BCUT2D eigenvalue weighted by molar-refractivity contribution is -0.129. The number of rotatable bonds is 5. The average Bonchev–Trinajstić information content (AvgIpc) is 2.13. The summed E-state index contributed by atoms with van der Waals surface area (Å²) < 4.78 is 0. The third kappa shape index (κ3) is 4.07. The second-order valence-electron chi connectivity index (χ2n) is 4.43. The number of carbonyl (C=O) groups is 1. The Bertz CT molecular complexity index is 191. The first-order valence-corrected chi connectivity index (χ1v) is 4.83. The number of hydrogen-bond acceptors (Lipinski definition) is 3. The molecule has 0 radical (unpaired) electrons. The average molecular weight is 202 g/mol. The van der Waals surface area contributed by atoms with Crippen molar-refractivity contribution < 1.29 is 9.90 Å². The van der Waals surface area contributed by atoms with Gasteiger partial charge in [0.05, 0.1) is 6.61 Å². The molecule has 0 aromatic carbocycles. The number of carbonyl (C=O) groups excluding carboxylic acids is 1. The molecule has 4 heteroatoms. The van der Waals surface area contributed by atoms with Crippen LogP contribution in [-0.4, -0.2) is 60.6 Å². The first kappa shape index (κ1) is 13.4. The van der Waals surface area contributed by atoms with E-state index in [2.05, 4.69) is 0 Å². The Morgan fingerprint density at radius 1 is 1.29 bits per heavy atom. The van der Waals surface area contributed by atoms with Gasteiger partial charge in [0, 0.05) is 32.6 Å². The number of aliphatic hydroxyl groups excluding tert-OH is 1. The third-order valence-electron chi connectivity index (χ3n) is 2.58. The first-order chi connectivity index (χ1) is 6.31. The minimum absolute atomic E-state index is 0.0969. The molecule has 0 spiro atoms. The zero-order valence-electron chi connectivity index (χ0n) is 9.87. The topological polar surface area (TPSA) is 43.8 Å². The van der Waals surface area contributed by atoms with Crippen LogP contribution in [0.25, 0.3) is 0 Å². The van der Waals surface area contributed by atoms with Crippen LogP contribution in [0.3, 0.4) is 0 Å². The zero-order valence-corrected chi connectivity index (χ0v) is 9.87. The van der Waals surface area contributed by atoms with E-state index in [4.69, 9.17) is 5.11 Å². The maximum absolute atomic E-state index is 11.3. The molecule has 0 aromatic heterocycles. The van der Waals surface area contributed by atoms with Crippen LogP contribution < -0.4 is 0 Å². The molecule has 0 saturated carbocycles. The fraction of sp³-hybridized carbons (Fsp3) is 0.900. The minimum atomic E-state index is -0.257. The van der Waals surface area contributed by atoms with Crippen LogP contribution in [0.4, 0.5) is 0 Å². The van der Waals surface area contributed by atoms with E-state index in [1.807, 2.05) is 25.8 Å². The zero-order chi connectivity index (χ0) is 11.4. The first-order valence-electron chi connectivity index (χ1n) is 4.83. The van der Waals surface area contributed by atoms with Gasteiger partial charge in [-0.2, -0.15) is 0 Å². The van der Waals surface area contributed by atoms with Crippen molar-refractivity contribution in [2.75, 3.05) is 34.3 Å². The van der Waals surface area contributed by atoms with E-state index in [-0.39, 0.29) is 18.1 Å². The van der Waals surface area contributed by atoms with Gasteiger partial charge in [0.25, 0.3) is 0 Å². The molecule has 84 valence electrons. The second kappa shape index (κ2) is 5.32. The van der Waals surface area contributed by atoms with E-state index in [0.29, 0.717) is 13.0 Å². The van der Waals surface area contributed by atoms with Crippen molar-refractivity contribution in [3.63, 3.8) is 0 Å². The summed E-state index contributed by atoms with van der Waals surface area (Å²) in [6.45, 7) is 4.67. The van der Waals surface area contributed by atoms with Crippen molar-refractivity contribution in [2.24, 2.45) is 0 Å². The lowest BCUT2D eigenvalue weighted by Crippen LogP contribution is -2.45. The summed E-state index contributed by atoms with van der Waals surface area (Å²) in [4.78, 5) is 14.9. The Kier molecular flexibility index (Phi) is 5.08. The summed E-state index contributed by atoms with van der Waals surface area (Å²) in [6, 6.07) is 0. The maximum Gasteiger partial charge on any atom is 0.223 e. The minimum Gasteiger partial charge on any atom is -0.394 e. The standard InChI is InChI=1S/C10H22N2O2/c1-10(2,8-13)12(5)7-6-9(14)11(3)4/h13H,6-8H2,1-5H3. The van der Waals surface area contributed by atoms with Crippen LogP contribution in [0.5, 0.6) is 0 Å². The summed E-state index contributed by atoms with van der Waals surface area (Å²) >= 11 is 0. The van der Waals surface area contributed by atoms with E-state index in [0.717, 1.165) is 0 Å². The quantitative estimate of drug-likeness (QED) is 0.691. The maximum atomic E-state index is 11.3. The number of amides is 1. The van der Waals surface area contributed by atoms with E-state index in [1.54, 1.807) is 19.0 Å². The molecule has 0 unspecified atom stereocenters. The summed E-state index contributed by atoms with van der Waals surface area (Å²) in [6.07, 6.45) is 0.493. The van der Waals surface area contributed by atoms with Crippen molar-refractivity contribution in [1.29, 1.82) is 0 Å². The molecule has 1 N–H and O–H groups in total. The highest BCUT2D eigenvalue weighted by Gasteiger charge is 2.22. The molecule has 4 nitrogen and oxygen atoms in total. The SMILES string of the molecule is CN(C)C(=O)CCN(C)C(C)(C)CO. The molecule has 0 aliphatic carbocycles. The van der Waals surface area contributed by atoms with Crippen LogP contribution >= 0.6 is 0 Å². The van der Waals surface area contributed by atoms with Gasteiger partial charge in [-0.25, -0.2) is 0 Å². The second-order valence-corrected chi connectivity index (χ2v) is 4.43. The molecule has 0 saturated heterocycles. The van der Waals surface area contributed by atoms with Gasteiger partial charge in [-0.3, -0.25) is 9.69 Å². The molecule has 0 fully saturated rings. The normalized spacial score (nSPS) is 11.9. The van der Waals surface area contributed by atoms with Crippen LogP contribution in [0.1, 0.15) is 20.3 Å². The molecule has 0 atom stereocenters. The molecule has 14 heavy (non-hydrogen) atoms. The number of nitrogens with zero attached hydrogens (tertiary/aromatic N) is 2. The Morgan fingerprint density at radius 3 is 2.14 bits per heavy atom. The summed E-state index contributed by atoms with van der Waals surface area (Å²) in [7, 11) is 5.41. The Morgan fingerprint density at radius 2 is 1.79 bits per heavy atom.